The molecule has 2 aromatic rings. The van der Waals surface area contributed by atoms with Crippen molar-refractivity contribution in [2.75, 3.05) is 17.2 Å². The summed E-state index contributed by atoms with van der Waals surface area (Å²) in [7, 11) is 1.79. The van der Waals surface area contributed by atoms with Crippen LogP contribution in [-0.2, 0) is 13.5 Å². The largest absolute Gasteiger partial charge is 0.384 e. The normalized spacial score (nSPS) is 12.9. The Morgan fingerprint density at radius 1 is 1.44 bits per heavy atom. The summed E-state index contributed by atoms with van der Waals surface area (Å²) >= 11 is 0. The lowest BCUT2D eigenvalue weighted by Gasteiger charge is -2.06. The summed E-state index contributed by atoms with van der Waals surface area (Å²) in [5.74, 6) is 0.590. The lowest BCUT2D eigenvalue weighted by molar-refractivity contribution is 0.102. The molecule has 0 unspecified atom stereocenters. The van der Waals surface area contributed by atoms with Crippen molar-refractivity contribution in [1.82, 2.24) is 9.78 Å². The number of anilines is 2. The molecule has 1 aromatic carbocycles. The van der Waals surface area contributed by atoms with E-state index in [-0.39, 0.29) is 5.91 Å². The molecular weight excluding hydrogens is 228 g/mol. The van der Waals surface area contributed by atoms with Crippen LogP contribution in [0.4, 0.5) is 11.5 Å². The maximum absolute atomic E-state index is 12.1. The van der Waals surface area contributed by atoms with Crippen molar-refractivity contribution in [3.05, 3.63) is 41.6 Å². The summed E-state index contributed by atoms with van der Waals surface area (Å²) in [6.07, 6.45) is 2.63. The van der Waals surface area contributed by atoms with E-state index in [2.05, 4.69) is 15.7 Å². The van der Waals surface area contributed by atoms with Gasteiger partial charge in [-0.1, -0.05) is 0 Å². The van der Waals surface area contributed by atoms with Crippen LogP contribution in [0.3, 0.4) is 0 Å². The van der Waals surface area contributed by atoms with Crippen molar-refractivity contribution in [3.63, 3.8) is 0 Å². The highest BCUT2D eigenvalue weighted by atomic mass is 16.1. The molecule has 18 heavy (non-hydrogen) atoms. The molecule has 0 aliphatic carbocycles. The van der Waals surface area contributed by atoms with E-state index in [4.69, 9.17) is 0 Å². The number of fused-ring (bicyclic) bond motifs is 1. The number of aromatic nitrogens is 2. The topological polar surface area (TPSA) is 59.0 Å². The minimum Gasteiger partial charge on any atom is -0.384 e. The molecule has 5 heteroatoms. The van der Waals surface area contributed by atoms with Gasteiger partial charge in [-0.15, -0.1) is 0 Å². The first-order valence-corrected chi connectivity index (χ1v) is 5.90. The number of carbonyl (C=O) groups is 1. The minimum absolute atomic E-state index is 0.103. The Kier molecular flexibility index (Phi) is 2.51. The first kappa shape index (κ1) is 10.8. The number of aryl methyl sites for hydroxylation is 1. The Labute approximate surface area is 105 Å². The maximum Gasteiger partial charge on any atom is 0.256 e. The molecule has 2 N–H and O–H groups in total. The van der Waals surface area contributed by atoms with Crippen LogP contribution in [0.5, 0.6) is 0 Å². The maximum atomic E-state index is 12.1. The second-order valence-corrected chi connectivity index (χ2v) is 4.34. The third-order valence-electron chi connectivity index (χ3n) is 3.14. The second kappa shape index (κ2) is 4.18. The molecule has 0 fully saturated rings. The number of carbonyl (C=O) groups excluding carboxylic acids is 1. The number of nitrogens with one attached hydrogen (secondary N) is 2. The van der Waals surface area contributed by atoms with E-state index < -0.39 is 0 Å². The molecule has 5 nitrogen and oxygen atoms in total. The number of hydrogen-bond acceptors (Lipinski definition) is 3. The van der Waals surface area contributed by atoms with Gasteiger partial charge in [-0.2, -0.15) is 5.10 Å². The number of rotatable bonds is 2. The van der Waals surface area contributed by atoms with Gasteiger partial charge in [-0.25, -0.2) is 0 Å². The van der Waals surface area contributed by atoms with E-state index in [9.17, 15) is 4.79 Å². The predicted molar refractivity (Wildman–Crippen MR) is 69.8 cm³/mol. The second-order valence-electron chi connectivity index (χ2n) is 4.34. The standard InChI is InChI=1S/C13H14N4O/c1-17-12(5-7-15-17)16-13(18)10-2-3-11-9(8-10)4-6-14-11/h2-3,5,7-8,14H,4,6H2,1H3,(H,16,18). The fourth-order valence-electron chi connectivity index (χ4n) is 2.13. The summed E-state index contributed by atoms with van der Waals surface area (Å²) in [6.45, 7) is 0.947. The van der Waals surface area contributed by atoms with E-state index in [1.165, 1.54) is 5.56 Å². The molecule has 0 radical (unpaired) electrons. The van der Waals surface area contributed by atoms with E-state index in [1.807, 2.05) is 18.2 Å². The predicted octanol–water partition coefficient (Wildman–Crippen LogP) is 1.64. The van der Waals surface area contributed by atoms with Crippen LogP contribution in [0.1, 0.15) is 15.9 Å². The van der Waals surface area contributed by atoms with Crippen molar-refractivity contribution in [2.24, 2.45) is 7.05 Å². The zero-order valence-corrected chi connectivity index (χ0v) is 10.1. The van der Waals surface area contributed by atoms with Gasteiger partial charge in [0.2, 0.25) is 0 Å². The molecule has 1 aromatic heterocycles. The fourth-order valence-corrected chi connectivity index (χ4v) is 2.13. The van der Waals surface area contributed by atoms with Crippen LogP contribution < -0.4 is 10.6 Å². The van der Waals surface area contributed by atoms with Crippen molar-refractivity contribution < 1.29 is 4.79 Å². The Morgan fingerprint density at radius 3 is 3.11 bits per heavy atom. The average Bonchev–Trinajstić information content (AvgIpc) is 2.98. The molecule has 0 bridgehead atoms. The SMILES string of the molecule is Cn1nccc1NC(=O)c1ccc2c(c1)CCN2. The molecule has 1 amide bonds. The zero-order chi connectivity index (χ0) is 12.5. The van der Waals surface area contributed by atoms with Crippen molar-refractivity contribution in [2.45, 2.75) is 6.42 Å². The van der Waals surface area contributed by atoms with Gasteiger partial charge in [0.25, 0.3) is 5.91 Å². The quantitative estimate of drug-likeness (QED) is 0.841. The van der Waals surface area contributed by atoms with Crippen LogP contribution in [0.15, 0.2) is 30.5 Å². The molecule has 1 aliphatic rings. The van der Waals surface area contributed by atoms with E-state index >= 15 is 0 Å². The first-order chi connectivity index (χ1) is 8.74. The highest BCUT2D eigenvalue weighted by Crippen LogP contribution is 2.23. The van der Waals surface area contributed by atoms with E-state index in [1.54, 1.807) is 24.0 Å². The van der Waals surface area contributed by atoms with Crippen LogP contribution in [0.25, 0.3) is 0 Å². The Balaban J connectivity index is 1.83. The van der Waals surface area contributed by atoms with Gasteiger partial charge in [0, 0.05) is 30.9 Å². The van der Waals surface area contributed by atoms with Crippen molar-refractivity contribution in [1.29, 1.82) is 0 Å². The Hall–Kier alpha value is -2.30. The lowest BCUT2D eigenvalue weighted by Crippen LogP contribution is -2.14. The molecule has 0 atom stereocenters. The van der Waals surface area contributed by atoms with Gasteiger partial charge in [0.05, 0.1) is 6.20 Å². The highest BCUT2D eigenvalue weighted by molar-refractivity contribution is 6.04. The number of benzene rings is 1. The van der Waals surface area contributed by atoms with Crippen LogP contribution in [0, 0.1) is 0 Å². The molecular formula is C13H14N4O. The monoisotopic (exact) mass is 242 g/mol. The highest BCUT2D eigenvalue weighted by Gasteiger charge is 2.14. The third kappa shape index (κ3) is 1.84. The minimum atomic E-state index is -0.103. The van der Waals surface area contributed by atoms with Gasteiger partial charge in [0.1, 0.15) is 5.82 Å². The van der Waals surface area contributed by atoms with Crippen LogP contribution >= 0.6 is 0 Å². The molecule has 92 valence electrons. The molecule has 1 aliphatic heterocycles. The number of hydrogen-bond donors (Lipinski definition) is 2. The number of amides is 1. The van der Waals surface area contributed by atoms with Crippen molar-refractivity contribution in [3.8, 4) is 0 Å². The smallest absolute Gasteiger partial charge is 0.256 e. The van der Waals surface area contributed by atoms with Crippen LogP contribution in [-0.4, -0.2) is 22.2 Å². The summed E-state index contributed by atoms with van der Waals surface area (Å²) in [5.41, 5.74) is 3.01. The van der Waals surface area contributed by atoms with E-state index in [0.29, 0.717) is 11.4 Å². The molecule has 3 rings (SSSR count). The summed E-state index contributed by atoms with van der Waals surface area (Å²) < 4.78 is 1.63. The lowest BCUT2D eigenvalue weighted by atomic mass is 10.1. The Bertz CT molecular complexity index is 603. The average molecular weight is 242 g/mol. The van der Waals surface area contributed by atoms with Crippen LogP contribution in [0.2, 0.25) is 0 Å². The fraction of sp³-hybridized carbons (Fsp3) is 0.231. The third-order valence-corrected chi connectivity index (χ3v) is 3.14. The Morgan fingerprint density at radius 2 is 2.33 bits per heavy atom. The summed E-state index contributed by atoms with van der Waals surface area (Å²) in [6, 6.07) is 7.51. The van der Waals surface area contributed by atoms with Gasteiger partial charge in [0.15, 0.2) is 0 Å². The molecule has 0 saturated carbocycles. The molecule has 2 heterocycles. The first-order valence-electron chi connectivity index (χ1n) is 5.90. The summed E-state index contributed by atoms with van der Waals surface area (Å²) in [5, 5.41) is 10.1. The van der Waals surface area contributed by atoms with Crippen molar-refractivity contribution >= 4 is 17.4 Å². The number of nitrogens with zero attached hydrogens (tertiary/aromatic N) is 2. The van der Waals surface area contributed by atoms with E-state index in [0.717, 1.165) is 18.7 Å². The molecule has 0 spiro atoms. The summed E-state index contributed by atoms with van der Waals surface area (Å²) in [4.78, 5) is 12.1. The van der Waals surface area contributed by atoms with Gasteiger partial charge in [-0.3, -0.25) is 9.48 Å². The van der Waals surface area contributed by atoms with Gasteiger partial charge < -0.3 is 10.6 Å². The van der Waals surface area contributed by atoms with Gasteiger partial charge >= 0.3 is 0 Å². The zero-order valence-electron chi connectivity index (χ0n) is 10.1. The van der Waals surface area contributed by atoms with Gasteiger partial charge in [-0.05, 0) is 30.2 Å². The molecule has 0 saturated heterocycles.